The standard InChI is InChI=1S/C22H29N5O3S/c1-13-7-15-9-14-5-4-6-16(14)19(17(15)8-13)25-21(28)26-31(23,29)18-10-24-27-11-22(2,3)12-30-20(18)27/h9-10,13H,4-8,11-12H2,1-3H3,(H3,23,25,26,28,29). The molecule has 2 aliphatic carbocycles. The third-order valence-corrected chi connectivity index (χ3v) is 7.82. The zero-order valence-electron chi connectivity index (χ0n) is 18.2. The fraction of sp³-hybridized carbons (Fsp3) is 0.545. The van der Waals surface area contributed by atoms with Crippen molar-refractivity contribution in [2.75, 3.05) is 11.9 Å². The number of ether oxygens (including phenoxy) is 1. The van der Waals surface area contributed by atoms with Crippen LogP contribution in [0.2, 0.25) is 0 Å². The normalized spacial score (nSPS) is 22.6. The topological polar surface area (TPSA) is 109 Å². The molecule has 31 heavy (non-hydrogen) atoms. The van der Waals surface area contributed by atoms with Crippen LogP contribution in [0.1, 0.15) is 49.4 Å². The fourth-order valence-electron chi connectivity index (χ4n) is 5.07. The predicted molar refractivity (Wildman–Crippen MR) is 118 cm³/mol. The molecule has 0 saturated heterocycles. The maximum atomic E-state index is 13.2. The van der Waals surface area contributed by atoms with E-state index in [-0.39, 0.29) is 10.3 Å². The van der Waals surface area contributed by atoms with E-state index >= 15 is 0 Å². The number of carbonyl (C=O) groups excluding carboxylic acids is 1. The van der Waals surface area contributed by atoms with Gasteiger partial charge in [-0.15, -0.1) is 0 Å². The van der Waals surface area contributed by atoms with E-state index in [2.05, 4.69) is 42.0 Å². The SMILES string of the molecule is CC1Cc2cc3c(c(NC(=O)NS(=N)(=O)c4cnn5c4OCC(C)(C)C5)c2C1)CCC3. The molecule has 0 spiro atoms. The molecule has 2 heterocycles. The van der Waals surface area contributed by atoms with Crippen molar-refractivity contribution < 1.29 is 13.7 Å². The Morgan fingerprint density at radius 2 is 2.10 bits per heavy atom. The molecule has 2 unspecified atom stereocenters. The van der Waals surface area contributed by atoms with Crippen LogP contribution in [0.4, 0.5) is 10.5 Å². The van der Waals surface area contributed by atoms with E-state index < -0.39 is 15.9 Å². The smallest absolute Gasteiger partial charge is 0.331 e. The molecule has 0 radical (unpaired) electrons. The molecule has 2 aromatic rings. The second kappa shape index (κ2) is 6.98. The number of nitrogens with zero attached hydrogens (tertiary/aromatic N) is 2. The van der Waals surface area contributed by atoms with Gasteiger partial charge in [0.25, 0.3) is 0 Å². The molecule has 9 heteroatoms. The lowest BCUT2D eigenvalue weighted by atomic mass is 9.94. The van der Waals surface area contributed by atoms with E-state index in [4.69, 9.17) is 9.52 Å². The number of rotatable bonds is 3. The van der Waals surface area contributed by atoms with Gasteiger partial charge < -0.3 is 10.1 Å². The van der Waals surface area contributed by atoms with Crippen LogP contribution in [0.5, 0.6) is 5.88 Å². The summed E-state index contributed by atoms with van der Waals surface area (Å²) in [5, 5.41) is 7.19. The molecular weight excluding hydrogens is 414 g/mol. The summed E-state index contributed by atoms with van der Waals surface area (Å²) in [6.45, 7) is 7.37. The van der Waals surface area contributed by atoms with E-state index in [1.165, 1.54) is 28.5 Å². The summed E-state index contributed by atoms with van der Waals surface area (Å²) < 4.78 is 31.3. The molecule has 0 fully saturated rings. The fourth-order valence-corrected chi connectivity index (χ4v) is 6.09. The zero-order chi connectivity index (χ0) is 22.0. The number of amides is 2. The number of benzene rings is 1. The van der Waals surface area contributed by atoms with Gasteiger partial charge in [0.2, 0.25) is 5.88 Å². The lowest BCUT2D eigenvalue weighted by molar-refractivity contribution is 0.0971. The van der Waals surface area contributed by atoms with Crippen LogP contribution in [0.25, 0.3) is 0 Å². The number of hydrogen-bond acceptors (Lipinski definition) is 5. The molecule has 3 aliphatic rings. The molecule has 3 N–H and O–H groups in total. The Kier molecular flexibility index (Phi) is 4.58. The van der Waals surface area contributed by atoms with Crippen LogP contribution in [0.3, 0.4) is 0 Å². The maximum absolute atomic E-state index is 13.2. The minimum absolute atomic E-state index is 0.102. The van der Waals surface area contributed by atoms with Gasteiger partial charge in [-0.25, -0.2) is 23.2 Å². The van der Waals surface area contributed by atoms with Crippen LogP contribution >= 0.6 is 0 Å². The number of anilines is 1. The third kappa shape index (κ3) is 3.58. The Morgan fingerprint density at radius 3 is 2.90 bits per heavy atom. The van der Waals surface area contributed by atoms with Crippen LogP contribution < -0.4 is 14.8 Å². The van der Waals surface area contributed by atoms with Crippen molar-refractivity contribution in [3.8, 4) is 5.88 Å². The van der Waals surface area contributed by atoms with Crippen LogP contribution in [-0.4, -0.2) is 26.6 Å². The lowest BCUT2D eigenvalue weighted by Gasteiger charge is -2.30. The van der Waals surface area contributed by atoms with E-state index in [9.17, 15) is 9.00 Å². The van der Waals surface area contributed by atoms with Crippen LogP contribution in [0.15, 0.2) is 17.2 Å². The average molecular weight is 444 g/mol. The Morgan fingerprint density at radius 1 is 1.29 bits per heavy atom. The molecule has 0 bridgehead atoms. The number of aryl methyl sites for hydroxylation is 1. The number of urea groups is 1. The molecule has 1 aliphatic heterocycles. The monoisotopic (exact) mass is 443 g/mol. The van der Waals surface area contributed by atoms with Gasteiger partial charge in [0.15, 0.2) is 9.92 Å². The zero-order valence-corrected chi connectivity index (χ0v) is 19.0. The summed E-state index contributed by atoms with van der Waals surface area (Å²) in [6.07, 6.45) is 6.35. The van der Waals surface area contributed by atoms with Crippen molar-refractivity contribution in [2.45, 2.75) is 64.3 Å². The van der Waals surface area contributed by atoms with Gasteiger partial charge in [-0.05, 0) is 60.3 Å². The van der Waals surface area contributed by atoms with Gasteiger partial charge in [-0.1, -0.05) is 26.8 Å². The summed E-state index contributed by atoms with van der Waals surface area (Å²) in [7, 11) is -3.62. The van der Waals surface area contributed by atoms with Crippen molar-refractivity contribution in [3.05, 3.63) is 34.5 Å². The number of carbonyl (C=O) groups is 1. The van der Waals surface area contributed by atoms with Crippen molar-refractivity contribution in [2.24, 2.45) is 11.3 Å². The quantitative estimate of drug-likeness (QED) is 0.672. The Hall–Kier alpha value is -2.55. The Labute approximate surface area is 182 Å². The molecule has 1 aromatic carbocycles. The van der Waals surface area contributed by atoms with Crippen LogP contribution in [-0.2, 0) is 42.1 Å². The van der Waals surface area contributed by atoms with E-state index in [1.807, 2.05) is 0 Å². The highest BCUT2D eigenvalue weighted by Gasteiger charge is 2.33. The van der Waals surface area contributed by atoms with Crippen molar-refractivity contribution >= 4 is 21.6 Å². The second-order valence-electron chi connectivity index (χ2n) is 9.93. The molecule has 0 saturated carbocycles. The number of aromatic nitrogens is 2. The summed E-state index contributed by atoms with van der Waals surface area (Å²) in [5.41, 5.74) is 5.74. The number of fused-ring (bicyclic) bond motifs is 3. The van der Waals surface area contributed by atoms with Crippen LogP contribution in [0, 0.1) is 16.1 Å². The average Bonchev–Trinajstić information content (AvgIpc) is 3.37. The van der Waals surface area contributed by atoms with E-state index in [0.29, 0.717) is 24.9 Å². The highest BCUT2D eigenvalue weighted by molar-refractivity contribution is 7.91. The first-order valence-electron chi connectivity index (χ1n) is 10.9. The van der Waals surface area contributed by atoms with Crippen molar-refractivity contribution in [3.63, 3.8) is 0 Å². The van der Waals surface area contributed by atoms with Gasteiger partial charge in [0, 0.05) is 11.1 Å². The first kappa shape index (κ1) is 20.4. The number of hydrogen-bond donors (Lipinski definition) is 3. The van der Waals surface area contributed by atoms with E-state index in [0.717, 1.165) is 37.8 Å². The Balaban J connectivity index is 1.40. The molecular formula is C22H29N5O3S. The molecule has 2 amide bonds. The number of nitrogens with one attached hydrogen (secondary N) is 3. The summed E-state index contributed by atoms with van der Waals surface area (Å²) in [4.78, 5) is 13.0. The van der Waals surface area contributed by atoms with E-state index in [1.54, 1.807) is 4.68 Å². The summed E-state index contributed by atoms with van der Waals surface area (Å²) in [5.74, 6) is 0.844. The minimum Gasteiger partial charge on any atom is -0.476 e. The van der Waals surface area contributed by atoms with Gasteiger partial charge >= 0.3 is 6.03 Å². The first-order valence-corrected chi connectivity index (χ1v) is 12.4. The lowest BCUT2D eigenvalue weighted by Crippen LogP contribution is -2.36. The van der Waals surface area contributed by atoms with Gasteiger partial charge in [-0.2, -0.15) is 5.10 Å². The molecule has 1 aromatic heterocycles. The first-order chi connectivity index (χ1) is 14.6. The third-order valence-electron chi connectivity index (χ3n) is 6.44. The molecule has 5 rings (SSSR count). The van der Waals surface area contributed by atoms with Gasteiger partial charge in [0.1, 0.15) is 4.90 Å². The predicted octanol–water partition coefficient (Wildman–Crippen LogP) is 3.67. The van der Waals surface area contributed by atoms with Crippen molar-refractivity contribution in [1.82, 2.24) is 14.5 Å². The second-order valence-corrected chi connectivity index (χ2v) is 11.7. The summed E-state index contributed by atoms with van der Waals surface area (Å²) >= 11 is 0. The molecule has 2 atom stereocenters. The minimum atomic E-state index is -3.62. The molecule has 8 nitrogen and oxygen atoms in total. The molecule has 166 valence electrons. The largest absolute Gasteiger partial charge is 0.476 e. The van der Waals surface area contributed by atoms with Crippen molar-refractivity contribution in [1.29, 1.82) is 4.78 Å². The Bertz CT molecular complexity index is 1180. The maximum Gasteiger partial charge on any atom is 0.331 e. The summed E-state index contributed by atoms with van der Waals surface area (Å²) in [6, 6.07) is 1.67. The highest BCUT2D eigenvalue weighted by Crippen LogP contribution is 2.40. The van der Waals surface area contributed by atoms with Gasteiger partial charge in [-0.3, -0.25) is 0 Å². The highest BCUT2D eigenvalue weighted by atomic mass is 32.2. The van der Waals surface area contributed by atoms with Gasteiger partial charge in [0.05, 0.1) is 19.3 Å².